The third-order valence-electron chi connectivity index (χ3n) is 3.81. The lowest BCUT2D eigenvalue weighted by atomic mass is 9.83. The van der Waals surface area contributed by atoms with Crippen LogP contribution in [0.15, 0.2) is 24.3 Å². The van der Waals surface area contributed by atoms with Crippen LogP contribution in [0.2, 0.25) is 5.02 Å². The molecule has 0 radical (unpaired) electrons. The van der Waals surface area contributed by atoms with Gasteiger partial charge in [0.2, 0.25) is 0 Å². The Bertz CT molecular complexity index is 444. The summed E-state index contributed by atoms with van der Waals surface area (Å²) in [7, 11) is 0. The van der Waals surface area contributed by atoms with Crippen LogP contribution in [-0.4, -0.2) is 18.6 Å². The van der Waals surface area contributed by atoms with Crippen molar-refractivity contribution < 1.29 is 9.53 Å². The summed E-state index contributed by atoms with van der Waals surface area (Å²) in [5, 5.41) is 3.98. The second kappa shape index (κ2) is 7.53. The van der Waals surface area contributed by atoms with Gasteiger partial charge in [-0.2, -0.15) is 0 Å². The number of hydrogen-bond donors (Lipinski definition) is 1. The standard InChI is InChI=1S/C16H22ClNO2/c1-2-20-16(19)15(12-7-4-3-5-8-12)18-14-10-6-9-13(17)11-14/h6,9-12,15,18H,2-5,7-8H2,1H3. The third kappa shape index (κ3) is 4.14. The second-order valence-corrected chi connectivity index (χ2v) is 5.72. The van der Waals surface area contributed by atoms with E-state index in [2.05, 4.69) is 5.32 Å². The van der Waals surface area contributed by atoms with Crippen LogP contribution in [0.1, 0.15) is 39.0 Å². The molecule has 4 heteroatoms. The molecule has 0 bridgehead atoms. The fraction of sp³-hybridized carbons (Fsp3) is 0.562. The van der Waals surface area contributed by atoms with Crippen LogP contribution in [0.25, 0.3) is 0 Å². The molecule has 1 aliphatic carbocycles. The van der Waals surface area contributed by atoms with Crippen LogP contribution >= 0.6 is 11.6 Å². The van der Waals surface area contributed by atoms with Crippen molar-refractivity contribution in [2.75, 3.05) is 11.9 Å². The summed E-state index contributed by atoms with van der Waals surface area (Å²) in [6.45, 7) is 2.26. The monoisotopic (exact) mass is 295 g/mol. The quantitative estimate of drug-likeness (QED) is 0.825. The Morgan fingerprint density at radius 1 is 1.40 bits per heavy atom. The van der Waals surface area contributed by atoms with Crippen molar-refractivity contribution in [1.82, 2.24) is 0 Å². The number of rotatable bonds is 5. The molecule has 20 heavy (non-hydrogen) atoms. The molecule has 1 atom stereocenters. The highest BCUT2D eigenvalue weighted by atomic mass is 35.5. The lowest BCUT2D eigenvalue weighted by molar-refractivity contribution is -0.145. The van der Waals surface area contributed by atoms with Gasteiger partial charge in [-0.1, -0.05) is 36.9 Å². The number of nitrogens with one attached hydrogen (secondary N) is 1. The number of hydrogen-bond acceptors (Lipinski definition) is 3. The van der Waals surface area contributed by atoms with E-state index in [0.29, 0.717) is 17.5 Å². The number of carbonyl (C=O) groups is 1. The highest BCUT2D eigenvalue weighted by molar-refractivity contribution is 6.30. The second-order valence-electron chi connectivity index (χ2n) is 5.28. The zero-order chi connectivity index (χ0) is 14.4. The number of halogens is 1. The third-order valence-corrected chi connectivity index (χ3v) is 4.04. The van der Waals surface area contributed by atoms with Gasteiger partial charge >= 0.3 is 5.97 Å². The van der Waals surface area contributed by atoms with E-state index in [1.54, 1.807) is 0 Å². The maximum atomic E-state index is 12.2. The molecule has 0 saturated heterocycles. The molecule has 0 heterocycles. The lowest BCUT2D eigenvalue weighted by Gasteiger charge is -2.30. The summed E-state index contributed by atoms with van der Waals surface area (Å²) in [5.41, 5.74) is 0.876. The van der Waals surface area contributed by atoms with Gasteiger partial charge in [0, 0.05) is 10.7 Å². The number of carbonyl (C=O) groups excluding carboxylic acids is 1. The van der Waals surface area contributed by atoms with Gasteiger partial charge < -0.3 is 10.1 Å². The Morgan fingerprint density at radius 2 is 2.15 bits per heavy atom. The summed E-state index contributed by atoms with van der Waals surface area (Å²) in [6.07, 6.45) is 5.81. The van der Waals surface area contributed by atoms with E-state index in [4.69, 9.17) is 16.3 Å². The molecular weight excluding hydrogens is 274 g/mol. The molecule has 1 aromatic rings. The van der Waals surface area contributed by atoms with Gasteiger partial charge in [-0.25, -0.2) is 4.79 Å². The van der Waals surface area contributed by atoms with Crippen molar-refractivity contribution in [1.29, 1.82) is 0 Å². The molecule has 0 aliphatic heterocycles. The van der Waals surface area contributed by atoms with Crippen molar-refractivity contribution in [3.8, 4) is 0 Å². The Balaban J connectivity index is 2.10. The van der Waals surface area contributed by atoms with Crippen molar-refractivity contribution in [3.63, 3.8) is 0 Å². The normalized spacial score (nSPS) is 17.5. The van der Waals surface area contributed by atoms with Crippen LogP contribution in [0.3, 0.4) is 0 Å². The number of benzene rings is 1. The average Bonchev–Trinajstić information content (AvgIpc) is 2.46. The molecule has 1 aromatic carbocycles. The molecule has 3 nitrogen and oxygen atoms in total. The zero-order valence-electron chi connectivity index (χ0n) is 11.9. The van der Waals surface area contributed by atoms with Crippen molar-refractivity contribution >= 4 is 23.3 Å². The Kier molecular flexibility index (Phi) is 5.72. The first kappa shape index (κ1) is 15.2. The molecule has 110 valence electrons. The van der Waals surface area contributed by atoms with Crippen molar-refractivity contribution in [2.24, 2.45) is 5.92 Å². The van der Waals surface area contributed by atoms with E-state index < -0.39 is 0 Å². The molecule has 0 spiro atoms. The minimum absolute atomic E-state index is 0.153. The summed E-state index contributed by atoms with van der Waals surface area (Å²) in [6, 6.07) is 7.21. The van der Waals surface area contributed by atoms with Crippen LogP contribution in [0, 0.1) is 5.92 Å². The SMILES string of the molecule is CCOC(=O)C(Nc1cccc(Cl)c1)C1CCCCC1. The largest absolute Gasteiger partial charge is 0.464 e. The number of esters is 1. The van der Waals surface area contributed by atoms with E-state index in [1.165, 1.54) is 19.3 Å². The molecule has 0 amide bonds. The Morgan fingerprint density at radius 3 is 2.80 bits per heavy atom. The average molecular weight is 296 g/mol. The van der Waals surface area contributed by atoms with E-state index in [9.17, 15) is 4.79 Å². The van der Waals surface area contributed by atoms with Gasteiger partial charge in [-0.3, -0.25) is 0 Å². The van der Waals surface area contributed by atoms with E-state index in [1.807, 2.05) is 31.2 Å². The van der Waals surface area contributed by atoms with Crippen LogP contribution in [0.4, 0.5) is 5.69 Å². The zero-order valence-corrected chi connectivity index (χ0v) is 12.7. The maximum absolute atomic E-state index is 12.2. The van der Waals surface area contributed by atoms with Gasteiger partial charge in [-0.05, 0) is 43.9 Å². The van der Waals surface area contributed by atoms with E-state index in [-0.39, 0.29) is 12.0 Å². The predicted octanol–water partition coefficient (Wildman–Crippen LogP) is 4.26. The van der Waals surface area contributed by atoms with Crippen LogP contribution in [-0.2, 0) is 9.53 Å². The summed E-state index contributed by atoms with van der Waals surface area (Å²) >= 11 is 6.00. The Labute approximate surface area is 125 Å². The minimum atomic E-state index is -0.270. The lowest BCUT2D eigenvalue weighted by Crippen LogP contribution is -2.39. The maximum Gasteiger partial charge on any atom is 0.328 e. The smallest absolute Gasteiger partial charge is 0.328 e. The van der Waals surface area contributed by atoms with Gasteiger partial charge in [0.1, 0.15) is 6.04 Å². The fourth-order valence-corrected chi connectivity index (χ4v) is 3.02. The molecule has 2 rings (SSSR count). The minimum Gasteiger partial charge on any atom is -0.464 e. The van der Waals surface area contributed by atoms with Gasteiger partial charge in [0.15, 0.2) is 0 Å². The first-order chi connectivity index (χ1) is 9.70. The van der Waals surface area contributed by atoms with Crippen molar-refractivity contribution in [2.45, 2.75) is 45.1 Å². The molecular formula is C16H22ClNO2. The van der Waals surface area contributed by atoms with Crippen LogP contribution < -0.4 is 5.32 Å². The topological polar surface area (TPSA) is 38.3 Å². The van der Waals surface area contributed by atoms with Crippen LogP contribution in [0.5, 0.6) is 0 Å². The predicted molar refractivity (Wildman–Crippen MR) is 82.1 cm³/mol. The first-order valence-corrected chi connectivity index (χ1v) is 7.77. The molecule has 1 aliphatic rings. The van der Waals surface area contributed by atoms with E-state index in [0.717, 1.165) is 18.5 Å². The molecule has 0 aromatic heterocycles. The van der Waals surface area contributed by atoms with Gasteiger partial charge in [0.25, 0.3) is 0 Å². The van der Waals surface area contributed by atoms with E-state index >= 15 is 0 Å². The summed E-state index contributed by atoms with van der Waals surface area (Å²) in [5.74, 6) is 0.196. The molecule has 1 fully saturated rings. The fourth-order valence-electron chi connectivity index (χ4n) is 2.83. The molecule has 1 unspecified atom stereocenters. The molecule has 1 saturated carbocycles. The van der Waals surface area contributed by atoms with Gasteiger partial charge in [0.05, 0.1) is 6.61 Å². The number of ether oxygens (including phenoxy) is 1. The number of anilines is 1. The molecule has 1 N–H and O–H groups in total. The van der Waals surface area contributed by atoms with Gasteiger partial charge in [-0.15, -0.1) is 0 Å². The highest BCUT2D eigenvalue weighted by Crippen LogP contribution is 2.29. The summed E-state index contributed by atoms with van der Waals surface area (Å²) < 4.78 is 5.23. The first-order valence-electron chi connectivity index (χ1n) is 7.39. The van der Waals surface area contributed by atoms with Crippen molar-refractivity contribution in [3.05, 3.63) is 29.3 Å². The highest BCUT2D eigenvalue weighted by Gasteiger charge is 2.30. The Hall–Kier alpha value is -1.22. The summed E-state index contributed by atoms with van der Waals surface area (Å²) in [4.78, 5) is 12.2.